The van der Waals surface area contributed by atoms with Crippen molar-refractivity contribution in [3.63, 3.8) is 0 Å². The van der Waals surface area contributed by atoms with Crippen molar-refractivity contribution in [2.24, 2.45) is 0 Å². The van der Waals surface area contributed by atoms with Gasteiger partial charge in [0.1, 0.15) is 11.4 Å². The maximum absolute atomic E-state index is 12.4. The minimum atomic E-state index is -0.131. The number of phenolic OH excluding ortho intramolecular Hbond substituents is 1. The summed E-state index contributed by atoms with van der Waals surface area (Å²) in [6.45, 7) is 6.98. The molecule has 1 fully saturated rings. The second-order valence-corrected chi connectivity index (χ2v) is 7.08. The zero-order valence-electron chi connectivity index (χ0n) is 15.8. The number of hydrogen-bond donors (Lipinski definition) is 2. The number of amides is 1. The monoisotopic (exact) mass is 376 g/mol. The van der Waals surface area contributed by atoms with E-state index in [1.54, 1.807) is 24.3 Å². The van der Waals surface area contributed by atoms with Crippen LogP contribution in [0.1, 0.15) is 28.9 Å². The van der Waals surface area contributed by atoms with Crippen molar-refractivity contribution in [3.8, 4) is 17.0 Å². The highest BCUT2D eigenvalue weighted by atomic mass is 16.3. The zero-order chi connectivity index (χ0) is 19.5. The fourth-order valence-corrected chi connectivity index (χ4v) is 3.65. The first-order valence-electron chi connectivity index (χ1n) is 9.57. The van der Waals surface area contributed by atoms with E-state index in [-0.39, 0.29) is 11.7 Å². The molecule has 1 amide bonds. The number of benzene rings is 1. The number of aromatic nitrogens is 2. The lowest BCUT2D eigenvalue weighted by Gasteiger charge is -2.16. The Labute approximate surface area is 164 Å². The number of fused-ring (bicyclic) bond motifs is 1. The van der Waals surface area contributed by atoms with Gasteiger partial charge < -0.3 is 14.8 Å². The molecule has 0 atom stereocenters. The quantitative estimate of drug-likeness (QED) is 0.648. The van der Waals surface area contributed by atoms with Crippen LogP contribution < -0.4 is 5.32 Å². The maximum Gasteiger partial charge on any atom is 0.253 e. The third-order valence-electron chi connectivity index (χ3n) is 5.10. The van der Waals surface area contributed by atoms with Crippen molar-refractivity contribution in [2.45, 2.75) is 19.4 Å². The van der Waals surface area contributed by atoms with E-state index < -0.39 is 0 Å². The van der Waals surface area contributed by atoms with E-state index in [0.717, 1.165) is 42.2 Å². The summed E-state index contributed by atoms with van der Waals surface area (Å²) in [6, 6.07) is 10.8. The summed E-state index contributed by atoms with van der Waals surface area (Å²) < 4.78 is 2.02. The van der Waals surface area contributed by atoms with Gasteiger partial charge in [0, 0.05) is 24.8 Å². The smallest absolute Gasteiger partial charge is 0.253 e. The Morgan fingerprint density at radius 1 is 1.18 bits per heavy atom. The minimum Gasteiger partial charge on any atom is -0.508 e. The van der Waals surface area contributed by atoms with Crippen molar-refractivity contribution in [3.05, 3.63) is 66.5 Å². The molecular formula is C22H24N4O2. The van der Waals surface area contributed by atoms with Crippen molar-refractivity contribution >= 4 is 11.6 Å². The normalized spacial score (nSPS) is 14.4. The lowest BCUT2D eigenvalue weighted by atomic mass is 10.1. The van der Waals surface area contributed by atoms with Crippen LogP contribution in [0.3, 0.4) is 0 Å². The number of rotatable bonds is 6. The Kier molecular flexibility index (Phi) is 5.12. The van der Waals surface area contributed by atoms with Crippen molar-refractivity contribution in [1.82, 2.24) is 19.6 Å². The highest BCUT2D eigenvalue weighted by Gasteiger charge is 2.20. The number of nitrogens with one attached hydrogen (secondary N) is 1. The first-order valence-corrected chi connectivity index (χ1v) is 9.57. The third-order valence-corrected chi connectivity index (χ3v) is 5.10. The standard InChI is InChI=1S/C22H24N4O2/c1-2-11-23-22(28)17-7-10-20-24-21(16-5-8-18(27)9-6-16)19(26(20)14-17)15-25-12-3-4-13-25/h2,5-10,14,27H,1,3-4,11-13,15H2,(H,23,28). The van der Waals surface area contributed by atoms with Gasteiger partial charge >= 0.3 is 0 Å². The highest BCUT2D eigenvalue weighted by molar-refractivity contribution is 5.94. The third kappa shape index (κ3) is 3.64. The Bertz CT molecular complexity index is 1000. The van der Waals surface area contributed by atoms with E-state index in [4.69, 9.17) is 4.98 Å². The summed E-state index contributed by atoms with van der Waals surface area (Å²) in [5.74, 6) is 0.101. The number of likely N-dealkylation sites (tertiary alicyclic amines) is 1. The predicted octanol–water partition coefficient (Wildman–Crippen LogP) is 3.22. The number of imidazole rings is 1. The molecule has 0 unspecified atom stereocenters. The first kappa shape index (κ1) is 18.3. The predicted molar refractivity (Wildman–Crippen MR) is 109 cm³/mol. The van der Waals surface area contributed by atoms with Gasteiger partial charge in [-0.05, 0) is 62.3 Å². The highest BCUT2D eigenvalue weighted by Crippen LogP contribution is 2.28. The van der Waals surface area contributed by atoms with Crippen LogP contribution >= 0.6 is 0 Å². The lowest BCUT2D eigenvalue weighted by molar-refractivity contribution is 0.0957. The zero-order valence-corrected chi connectivity index (χ0v) is 15.8. The number of carbonyl (C=O) groups is 1. The second kappa shape index (κ2) is 7.86. The molecule has 0 bridgehead atoms. The number of phenols is 1. The fourth-order valence-electron chi connectivity index (χ4n) is 3.65. The van der Waals surface area contributed by atoms with Crippen LogP contribution in [0.2, 0.25) is 0 Å². The van der Waals surface area contributed by atoms with Gasteiger partial charge in [-0.2, -0.15) is 0 Å². The SMILES string of the molecule is C=CCNC(=O)c1ccc2nc(-c3ccc(O)cc3)c(CN3CCCC3)n2c1. The van der Waals surface area contributed by atoms with Crippen LogP contribution in [0.4, 0.5) is 0 Å². The van der Waals surface area contributed by atoms with Crippen molar-refractivity contribution in [2.75, 3.05) is 19.6 Å². The largest absolute Gasteiger partial charge is 0.508 e. The van der Waals surface area contributed by atoms with Crippen LogP contribution in [0, 0.1) is 0 Å². The second-order valence-electron chi connectivity index (χ2n) is 7.08. The summed E-state index contributed by atoms with van der Waals surface area (Å²) in [7, 11) is 0. The molecule has 1 aromatic carbocycles. The molecular weight excluding hydrogens is 352 g/mol. The minimum absolute atomic E-state index is 0.131. The number of aromatic hydroxyl groups is 1. The summed E-state index contributed by atoms with van der Waals surface area (Å²) >= 11 is 0. The average Bonchev–Trinajstić information content (AvgIpc) is 3.35. The van der Waals surface area contributed by atoms with Crippen LogP contribution in [0.25, 0.3) is 16.9 Å². The molecule has 6 nitrogen and oxygen atoms in total. The van der Waals surface area contributed by atoms with Gasteiger partial charge in [0.15, 0.2) is 0 Å². The molecule has 2 N–H and O–H groups in total. The lowest BCUT2D eigenvalue weighted by Crippen LogP contribution is -2.24. The molecule has 2 aromatic heterocycles. The number of nitrogens with zero attached hydrogens (tertiary/aromatic N) is 3. The molecule has 1 aliphatic rings. The molecule has 28 heavy (non-hydrogen) atoms. The number of hydrogen-bond acceptors (Lipinski definition) is 4. The number of carbonyl (C=O) groups excluding carboxylic acids is 1. The fraction of sp³-hybridized carbons (Fsp3) is 0.273. The van der Waals surface area contributed by atoms with Gasteiger partial charge in [0.2, 0.25) is 0 Å². The topological polar surface area (TPSA) is 69.9 Å². The van der Waals surface area contributed by atoms with Crippen LogP contribution in [-0.4, -0.2) is 44.9 Å². The molecule has 1 saturated heterocycles. The molecule has 0 radical (unpaired) electrons. The molecule has 0 aliphatic carbocycles. The summed E-state index contributed by atoms with van der Waals surface area (Å²) in [4.78, 5) is 19.6. The Balaban J connectivity index is 1.79. The number of pyridine rings is 1. The maximum atomic E-state index is 12.4. The average molecular weight is 376 g/mol. The van der Waals surface area contributed by atoms with E-state index in [1.807, 2.05) is 28.8 Å². The molecule has 0 saturated carbocycles. The van der Waals surface area contributed by atoms with Gasteiger partial charge in [-0.25, -0.2) is 4.98 Å². The van der Waals surface area contributed by atoms with E-state index in [9.17, 15) is 9.90 Å². The van der Waals surface area contributed by atoms with Crippen LogP contribution in [0.15, 0.2) is 55.3 Å². The van der Waals surface area contributed by atoms with Gasteiger partial charge in [-0.1, -0.05) is 6.08 Å². The van der Waals surface area contributed by atoms with Crippen molar-refractivity contribution in [1.29, 1.82) is 0 Å². The van der Waals surface area contributed by atoms with Crippen LogP contribution in [0.5, 0.6) is 5.75 Å². The first-order chi connectivity index (χ1) is 13.7. The van der Waals surface area contributed by atoms with Gasteiger partial charge in [0.25, 0.3) is 5.91 Å². The van der Waals surface area contributed by atoms with E-state index >= 15 is 0 Å². The molecule has 6 heteroatoms. The molecule has 0 spiro atoms. The molecule has 3 aromatic rings. The van der Waals surface area contributed by atoms with Crippen LogP contribution in [-0.2, 0) is 6.54 Å². The summed E-state index contributed by atoms with van der Waals surface area (Å²) in [5.41, 5.74) is 4.29. The Morgan fingerprint density at radius 2 is 1.93 bits per heavy atom. The van der Waals surface area contributed by atoms with Crippen molar-refractivity contribution < 1.29 is 9.90 Å². The van der Waals surface area contributed by atoms with Gasteiger partial charge in [-0.15, -0.1) is 6.58 Å². The van der Waals surface area contributed by atoms with E-state index in [1.165, 1.54) is 12.8 Å². The van der Waals surface area contributed by atoms with E-state index in [0.29, 0.717) is 12.1 Å². The molecule has 1 aliphatic heterocycles. The Morgan fingerprint density at radius 3 is 2.64 bits per heavy atom. The Hall–Kier alpha value is -3.12. The summed E-state index contributed by atoms with van der Waals surface area (Å²) in [6.07, 6.45) is 5.94. The molecule has 4 rings (SSSR count). The summed E-state index contributed by atoms with van der Waals surface area (Å²) in [5, 5.41) is 12.4. The van der Waals surface area contributed by atoms with Gasteiger partial charge in [0.05, 0.1) is 17.0 Å². The molecule has 144 valence electrons. The molecule has 3 heterocycles. The van der Waals surface area contributed by atoms with E-state index in [2.05, 4.69) is 16.8 Å². The van der Waals surface area contributed by atoms with Gasteiger partial charge in [-0.3, -0.25) is 9.69 Å².